The Hall–Kier alpha value is -1.13. The van der Waals surface area contributed by atoms with Crippen molar-refractivity contribution in [2.24, 2.45) is 0 Å². The van der Waals surface area contributed by atoms with Crippen molar-refractivity contribution in [2.75, 3.05) is 20.2 Å². The number of likely N-dealkylation sites (N-methyl/N-ethyl adjacent to an activating group) is 1. The van der Waals surface area contributed by atoms with Gasteiger partial charge in [-0.3, -0.25) is 9.88 Å². The maximum Gasteiger partial charge on any atom is 0.137 e. The summed E-state index contributed by atoms with van der Waals surface area (Å²) >= 11 is 0. The molecule has 0 unspecified atom stereocenters. The van der Waals surface area contributed by atoms with Crippen molar-refractivity contribution in [3.63, 3.8) is 0 Å². The molecule has 4 nitrogen and oxygen atoms in total. The second-order valence-corrected chi connectivity index (χ2v) is 3.98. The number of likely N-dealkylation sites (tertiary alicyclic amines) is 1. The van der Waals surface area contributed by atoms with Crippen LogP contribution in [-0.4, -0.2) is 47.3 Å². The van der Waals surface area contributed by atoms with Gasteiger partial charge >= 0.3 is 0 Å². The molecule has 82 valence electrons. The van der Waals surface area contributed by atoms with Gasteiger partial charge in [0.1, 0.15) is 12.4 Å². The summed E-state index contributed by atoms with van der Waals surface area (Å²) in [6.45, 7) is 1.35. The predicted octanol–water partition coefficient (Wildman–Crippen LogP) is 0.525. The van der Waals surface area contributed by atoms with E-state index in [9.17, 15) is 5.11 Å². The number of aliphatic hydroxyl groups is 1. The van der Waals surface area contributed by atoms with Crippen molar-refractivity contribution >= 4 is 0 Å². The van der Waals surface area contributed by atoms with Crippen molar-refractivity contribution in [3.05, 3.63) is 24.5 Å². The van der Waals surface area contributed by atoms with Gasteiger partial charge < -0.3 is 9.84 Å². The van der Waals surface area contributed by atoms with Crippen LogP contribution in [0, 0.1) is 0 Å². The van der Waals surface area contributed by atoms with E-state index in [-0.39, 0.29) is 6.10 Å². The summed E-state index contributed by atoms with van der Waals surface area (Å²) < 4.78 is 5.59. The number of nitrogens with zero attached hydrogens (tertiary/aromatic N) is 2. The van der Waals surface area contributed by atoms with Crippen LogP contribution in [0.4, 0.5) is 0 Å². The number of aliphatic hydroxyl groups excluding tert-OH is 1. The molecule has 2 heterocycles. The zero-order valence-electron chi connectivity index (χ0n) is 8.84. The molecule has 1 saturated heterocycles. The zero-order chi connectivity index (χ0) is 10.7. The summed E-state index contributed by atoms with van der Waals surface area (Å²) in [7, 11) is 2.01. The first kappa shape index (κ1) is 10.4. The lowest BCUT2D eigenvalue weighted by Gasteiger charge is -2.18. The highest BCUT2D eigenvalue weighted by molar-refractivity contribution is 5.15. The minimum Gasteiger partial charge on any atom is -0.490 e. The lowest BCUT2D eigenvalue weighted by atomic mass is 10.2. The molecule has 0 radical (unpaired) electrons. The fourth-order valence-corrected chi connectivity index (χ4v) is 1.87. The summed E-state index contributed by atoms with van der Waals surface area (Å²) in [5.41, 5.74) is 0. The molecule has 1 aliphatic rings. The molecule has 0 aliphatic carbocycles. The van der Waals surface area contributed by atoms with Crippen LogP contribution in [0.25, 0.3) is 0 Å². The Bertz CT molecular complexity index is 305. The van der Waals surface area contributed by atoms with Crippen molar-refractivity contribution in [1.82, 2.24) is 9.88 Å². The van der Waals surface area contributed by atoms with Gasteiger partial charge in [0.15, 0.2) is 0 Å². The van der Waals surface area contributed by atoms with Crippen LogP contribution in [0.2, 0.25) is 0 Å². The van der Waals surface area contributed by atoms with Gasteiger partial charge in [-0.25, -0.2) is 0 Å². The third-order valence-corrected chi connectivity index (χ3v) is 2.74. The molecular formula is C11H16N2O2. The molecule has 0 saturated carbocycles. The topological polar surface area (TPSA) is 45.6 Å². The molecule has 15 heavy (non-hydrogen) atoms. The van der Waals surface area contributed by atoms with Gasteiger partial charge in [-0.1, -0.05) is 0 Å². The van der Waals surface area contributed by atoms with Crippen LogP contribution >= 0.6 is 0 Å². The Morgan fingerprint density at radius 3 is 3.13 bits per heavy atom. The summed E-state index contributed by atoms with van der Waals surface area (Å²) in [6.07, 6.45) is 4.00. The highest BCUT2D eigenvalue weighted by atomic mass is 16.5. The first-order chi connectivity index (χ1) is 7.25. The Labute approximate surface area is 89.5 Å². The molecule has 1 N–H and O–H groups in total. The van der Waals surface area contributed by atoms with Crippen LogP contribution in [0.1, 0.15) is 6.42 Å². The first-order valence-corrected chi connectivity index (χ1v) is 5.17. The van der Waals surface area contributed by atoms with E-state index in [1.807, 2.05) is 19.2 Å². The second kappa shape index (κ2) is 4.59. The summed E-state index contributed by atoms with van der Waals surface area (Å²) in [5.74, 6) is 0.785. The van der Waals surface area contributed by atoms with Crippen molar-refractivity contribution in [1.29, 1.82) is 0 Å². The highest BCUT2D eigenvalue weighted by Crippen LogP contribution is 2.17. The number of ether oxygens (including phenoxy) is 1. The molecule has 1 aromatic heterocycles. The molecule has 0 amide bonds. The first-order valence-electron chi connectivity index (χ1n) is 5.17. The maximum atomic E-state index is 9.46. The Morgan fingerprint density at radius 2 is 2.53 bits per heavy atom. The number of aromatic nitrogens is 1. The fourth-order valence-electron chi connectivity index (χ4n) is 1.87. The van der Waals surface area contributed by atoms with Crippen molar-refractivity contribution in [3.8, 4) is 5.75 Å². The lowest BCUT2D eigenvalue weighted by Crippen LogP contribution is -2.30. The van der Waals surface area contributed by atoms with E-state index in [0.29, 0.717) is 12.6 Å². The van der Waals surface area contributed by atoms with Crippen molar-refractivity contribution < 1.29 is 9.84 Å². The van der Waals surface area contributed by atoms with E-state index in [4.69, 9.17) is 4.74 Å². The Morgan fingerprint density at radius 1 is 1.67 bits per heavy atom. The standard InChI is InChI=1S/C11H16N2O2/c1-13-7-10(14)5-9(13)8-15-11-3-2-4-12-6-11/h2-4,6,9-10,14H,5,7-8H2,1H3/t9-,10+/m0/s1. The number of β-amino-alcohol motifs (C(OH)–C–C–N with tert-alkyl or cyclic N) is 1. The van der Waals surface area contributed by atoms with Gasteiger partial charge in [-0.2, -0.15) is 0 Å². The molecule has 2 atom stereocenters. The van der Waals surface area contributed by atoms with E-state index >= 15 is 0 Å². The van der Waals surface area contributed by atoms with Gasteiger partial charge in [-0.15, -0.1) is 0 Å². The molecule has 1 fully saturated rings. The van der Waals surface area contributed by atoms with Crippen molar-refractivity contribution in [2.45, 2.75) is 18.6 Å². The number of pyridine rings is 1. The molecule has 1 aliphatic heterocycles. The molecule has 0 bridgehead atoms. The smallest absolute Gasteiger partial charge is 0.137 e. The molecule has 1 aromatic rings. The second-order valence-electron chi connectivity index (χ2n) is 3.98. The monoisotopic (exact) mass is 208 g/mol. The molecule has 4 heteroatoms. The quantitative estimate of drug-likeness (QED) is 0.787. The SMILES string of the molecule is CN1C[C@H](O)C[C@H]1COc1cccnc1. The van der Waals surface area contributed by atoms with E-state index in [0.717, 1.165) is 18.7 Å². The summed E-state index contributed by atoms with van der Waals surface area (Å²) in [4.78, 5) is 6.10. The van der Waals surface area contributed by atoms with Crippen LogP contribution in [0.15, 0.2) is 24.5 Å². The van der Waals surface area contributed by atoms with E-state index in [1.165, 1.54) is 0 Å². The van der Waals surface area contributed by atoms with E-state index in [2.05, 4.69) is 9.88 Å². The summed E-state index contributed by atoms with van der Waals surface area (Å²) in [6, 6.07) is 4.04. The molecule has 2 rings (SSSR count). The fraction of sp³-hybridized carbons (Fsp3) is 0.545. The number of hydrogen-bond donors (Lipinski definition) is 1. The van der Waals surface area contributed by atoms with Gasteiger partial charge in [0.25, 0.3) is 0 Å². The van der Waals surface area contributed by atoms with Crippen LogP contribution in [0.3, 0.4) is 0 Å². The van der Waals surface area contributed by atoms with Crippen LogP contribution < -0.4 is 4.74 Å². The average molecular weight is 208 g/mol. The lowest BCUT2D eigenvalue weighted by molar-refractivity contribution is 0.182. The molecule has 0 spiro atoms. The van der Waals surface area contributed by atoms with Crippen LogP contribution in [0.5, 0.6) is 5.75 Å². The molecular weight excluding hydrogens is 192 g/mol. The zero-order valence-corrected chi connectivity index (χ0v) is 8.84. The van der Waals surface area contributed by atoms with Crippen LogP contribution in [-0.2, 0) is 0 Å². The number of hydrogen-bond acceptors (Lipinski definition) is 4. The minimum absolute atomic E-state index is 0.211. The molecule has 0 aromatic carbocycles. The normalized spacial score (nSPS) is 26.8. The van der Waals surface area contributed by atoms with Gasteiger partial charge in [-0.05, 0) is 25.6 Å². The Kier molecular flexibility index (Phi) is 3.18. The Balaban J connectivity index is 1.84. The average Bonchev–Trinajstić information content (AvgIpc) is 2.56. The van der Waals surface area contributed by atoms with Gasteiger partial charge in [0.05, 0.1) is 12.3 Å². The van der Waals surface area contributed by atoms with Gasteiger partial charge in [0.2, 0.25) is 0 Å². The largest absolute Gasteiger partial charge is 0.490 e. The third kappa shape index (κ3) is 2.67. The number of rotatable bonds is 3. The maximum absolute atomic E-state index is 9.46. The van der Waals surface area contributed by atoms with E-state index in [1.54, 1.807) is 12.4 Å². The summed E-state index contributed by atoms with van der Waals surface area (Å²) in [5, 5.41) is 9.46. The van der Waals surface area contributed by atoms with E-state index < -0.39 is 0 Å². The highest BCUT2D eigenvalue weighted by Gasteiger charge is 2.28. The third-order valence-electron chi connectivity index (χ3n) is 2.74. The minimum atomic E-state index is -0.211. The van der Waals surface area contributed by atoms with Gasteiger partial charge in [0, 0.05) is 18.8 Å². The predicted molar refractivity (Wildman–Crippen MR) is 56.8 cm³/mol.